The highest BCUT2D eigenvalue weighted by molar-refractivity contribution is 7.15. The van der Waals surface area contributed by atoms with Crippen LogP contribution in [0.2, 0.25) is 5.02 Å². The molecule has 10 amide bonds. The number of hydrogen-bond acceptors (Lipinski definition) is 26. The zero-order chi connectivity index (χ0) is 87.5. The highest BCUT2D eigenvalue weighted by Crippen LogP contribution is 2.40. The van der Waals surface area contributed by atoms with Gasteiger partial charge in [-0.2, -0.15) is 0 Å². The van der Waals surface area contributed by atoms with E-state index in [-0.39, 0.29) is 136 Å². The number of nitrogens with one attached hydrogen (secondary N) is 9. The van der Waals surface area contributed by atoms with E-state index in [9.17, 15) is 47.9 Å². The van der Waals surface area contributed by atoms with Crippen molar-refractivity contribution < 1.29 is 81.1 Å². The summed E-state index contributed by atoms with van der Waals surface area (Å²) in [4.78, 5) is 156. The van der Waals surface area contributed by atoms with Crippen LogP contribution in [0.25, 0.3) is 5.00 Å². The van der Waals surface area contributed by atoms with Crippen LogP contribution in [0.15, 0.2) is 96.8 Å². The lowest BCUT2D eigenvalue weighted by molar-refractivity contribution is -0.138. The van der Waals surface area contributed by atoms with E-state index >= 15 is 0 Å². The van der Waals surface area contributed by atoms with Crippen molar-refractivity contribution in [2.75, 3.05) is 171 Å². The Morgan fingerprint density at radius 3 is 1.63 bits per heavy atom. The average molecular weight is 1740 g/mol. The van der Waals surface area contributed by atoms with Crippen LogP contribution < -0.4 is 52.6 Å². The van der Waals surface area contributed by atoms with Gasteiger partial charge in [-0.1, -0.05) is 23.7 Å². The third-order valence-electron chi connectivity index (χ3n) is 19.4. The first kappa shape index (κ1) is 91.3. The summed E-state index contributed by atoms with van der Waals surface area (Å²) in [5, 5.41) is 34.6. The molecule has 1 saturated heterocycles. The number of carbonyl (C=O) groups is 10. The predicted octanol–water partition coefficient (Wildman–Crippen LogP) is 3.68. The highest BCUT2D eigenvalue weighted by Gasteiger charge is 2.34. The Balaban J connectivity index is 0.447. The number of aliphatic imine (C=N–C) groups is 1. The molecule has 41 nitrogen and oxygen atoms in total. The maximum absolute atomic E-state index is 13.6. The monoisotopic (exact) mass is 1740 g/mol. The van der Waals surface area contributed by atoms with E-state index in [1.54, 1.807) is 78.6 Å². The third kappa shape index (κ3) is 26.3. The molecule has 2 aliphatic rings. The fourth-order valence-electron chi connectivity index (χ4n) is 12.9. The Hall–Kier alpha value is -12.4. The fourth-order valence-corrected chi connectivity index (χ4v) is 14.3. The number of nitrogens with zero attached hydrogens (tertiary/aromatic N) is 15. The molecule has 11 rings (SSSR count). The number of imidazole rings is 4. The first-order valence-electron chi connectivity index (χ1n) is 39.8. The van der Waals surface area contributed by atoms with Crippen molar-refractivity contribution in [3.05, 3.63) is 159 Å². The van der Waals surface area contributed by atoms with Crippen LogP contribution in [0, 0.1) is 20.8 Å². The molecule has 0 radical (unpaired) electrons. The maximum atomic E-state index is 13.6. The van der Waals surface area contributed by atoms with E-state index in [1.807, 2.05) is 35.8 Å². The summed E-state index contributed by atoms with van der Waals surface area (Å²) in [6.45, 7) is 13.6. The molecule has 2 aliphatic heterocycles. The molecular formula is C80H101ClN24O17S. The van der Waals surface area contributed by atoms with E-state index < -0.39 is 47.4 Å². The zero-order valence-electron chi connectivity index (χ0n) is 69.6. The largest absolute Gasteiger partial charge is 0.491 e. The average Bonchev–Trinajstić information content (AvgIpc) is 1.59. The van der Waals surface area contributed by atoms with Crippen LogP contribution in [0.5, 0.6) is 5.75 Å². The first-order chi connectivity index (χ1) is 59.3. The lowest BCUT2D eigenvalue weighted by Gasteiger charge is -2.34. The number of hydrogen-bond donors (Lipinski definition) is 9. The van der Waals surface area contributed by atoms with Crippen molar-refractivity contribution in [1.29, 1.82) is 0 Å². The van der Waals surface area contributed by atoms with Gasteiger partial charge in [-0.3, -0.25) is 62.4 Å². The van der Waals surface area contributed by atoms with Gasteiger partial charge in [-0.15, -0.1) is 21.5 Å². The summed E-state index contributed by atoms with van der Waals surface area (Å²) in [5.41, 5.74) is 5.00. The summed E-state index contributed by atoms with van der Waals surface area (Å²) < 4.78 is 49.0. The van der Waals surface area contributed by atoms with Gasteiger partial charge in [0.1, 0.15) is 41.5 Å². The topological polar surface area (TPSA) is 469 Å². The second-order valence-electron chi connectivity index (χ2n) is 28.5. The van der Waals surface area contributed by atoms with Gasteiger partial charge in [-0.25, -0.2) is 19.9 Å². The second kappa shape index (κ2) is 44.9. The van der Waals surface area contributed by atoms with Gasteiger partial charge in [0.15, 0.2) is 29.1 Å². The highest BCUT2D eigenvalue weighted by atomic mass is 35.5. The van der Waals surface area contributed by atoms with E-state index in [2.05, 4.69) is 96.7 Å². The van der Waals surface area contributed by atoms with Crippen LogP contribution in [0.3, 0.4) is 0 Å². The van der Waals surface area contributed by atoms with Crippen LogP contribution >= 0.6 is 22.9 Å². The van der Waals surface area contributed by atoms with Crippen LogP contribution in [0.1, 0.15) is 118 Å². The number of rotatable bonds is 46. The number of thiophene rings is 1. The Bertz CT molecular complexity index is 5210. The summed E-state index contributed by atoms with van der Waals surface area (Å²) in [5.74, 6) is -2.41. The van der Waals surface area contributed by atoms with Crippen molar-refractivity contribution >= 4 is 117 Å². The molecule has 0 unspecified atom stereocenters. The van der Waals surface area contributed by atoms with E-state index in [1.165, 1.54) is 63.2 Å². The Labute approximate surface area is 716 Å². The number of piperazine rings is 1. The quantitative estimate of drug-likeness (QED) is 0.0246. The number of aryl methyl sites for hydroxylation is 7. The Morgan fingerprint density at radius 1 is 0.496 bits per heavy atom. The molecule has 9 N–H and O–H groups in total. The number of carbonyl (C=O) groups excluding carboxylic acids is 10. The molecule has 2 aromatic carbocycles. The summed E-state index contributed by atoms with van der Waals surface area (Å²) in [6.07, 6.45) is 8.66. The smallest absolute Gasteiger partial charge is 0.292 e. The van der Waals surface area contributed by atoms with E-state index in [0.717, 1.165) is 51.9 Å². The molecule has 1 atom stereocenters. The van der Waals surface area contributed by atoms with Gasteiger partial charge < -0.3 is 109 Å². The summed E-state index contributed by atoms with van der Waals surface area (Å²) in [6, 6.07) is 15.6. The molecule has 43 heteroatoms. The lowest BCUT2D eigenvalue weighted by atomic mass is 9.99. The molecule has 1 fully saturated rings. The first-order valence-corrected chi connectivity index (χ1v) is 40.9. The number of fused-ring (bicyclic) bond motifs is 3. The lowest BCUT2D eigenvalue weighted by Crippen LogP contribution is -2.50. The molecule has 7 aromatic heterocycles. The molecule has 0 spiro atoms. The number of amides is 10. The van der Waals surface area contributed by atoms with Gasteiger partial charge in [0.05, 0.1) is 90.5 Å². The molecule has 0 saturated carbocycles. The molecule has 123 heavy (non-hydrogen) atoms. The van der Waals surface area contributed by atoms with Gasteiger partial charge in [0, 0.05) is 177 Å². The molecule has 0 bridgehead atoms. The van der Waals surface area contributed by atoms with Crippen LogP contribution in [0.4, 0.5) is 28.8 Å². The Morgan fingerprint density at radius 2 is 1.03 bits per heavy atom. The van der Waals surface area contributed by atoms with Crippen molar-refractivity contribution in [2.45, 2.75) is 52.5 Å². The minimum Gasteiger partial charge on any atom is -0.491 e. The minimum absolute atomic E-state index is 0.0106. The van der Waals surface area contributed by atoms with Gasteiger partial charge in [-0.05, 0) is 68.8 Å². The SMILES string of the molecule is Cc1sc2c(c1C)C(c1ccc(Cl)cc1)=N[C@@H](CC(=O)Nc1ccc(OCCOCCOCCOCC(=O)N3CCN(CCOCCOCCOCCNC(=O)CCNC(=O)c4nc(NC(=O)CCNC(=O)c5nc(NC(=O)c6nc(NC(=O)CCNC(=O)c7cc(NC(=O)c8nccn8C)cn7C)cn6C)cn5C)cn4C)CC3)cc1)c1nnc(C)n1-2. The van der Waals surface area contributed by atoms with Crippen molar-refractivity contribution in [1.82, 2.24) is 88.6 Å². The number of benzene rings is 2. The van der Waals surface area contributed by atoms with Crippen molar-refractivity contribution in [2.24, 2.45) is 40.2 Å². The van der Waals surface area contributed by atoms with Gasteiger partial charge in [0.25, 0.3) is 29.5 Å². The van der Waals surface area contributed by atoms with E-state index in [0.29, 0.717) is 113 Å². The fraction of sp³-hybridized carbons (Fsp3) is 0.438. The van der Waals surface area contributed by atoms with Crippen LogP contribution in [-0.4, -0.2) is 277 Å². The maximum Gasteiger partial charge on any atom is 0.292 e. The van der Waals surface area contributed by atoms with Crippen LogP contribution in [-0.2, 0) is 87.6 Å². The van der Waals surface area contributed by atoms with Gasteiger partial charge >= 0.3 is 0 Å². The Kier molecular flexibility index (Phi) is 33.4. The van der Waals surface area contributed by atoms with E-state index in [4.69, 9.17) is 49.8 Å². The summed E-state index contributed by atoms with van der Waals surface area (Å²) in [7, 11) is 7.94. The van der Waals surface area contributed by atoms with Crippen molar-refractivity contribution in [3.8, 4) is 10.8 Å². The van der Waals surface area contributed by atoms with Gasteiger partial charge in [0.2, 0.25) is 47.0 Å². The van der Waals surface area contributed by atoms with Crippen molar-refractivity contribution in [3.63, 3.8) is 0 Å². The molecule has 9 aromatic rings. The molecule has 656 valence electrons. The number of aromatic nitrogens is 12. The zero-order valence-corrected chi connectivity index (χ0v) is 71.1. The predicted molar refractivity (Wildman–Crippen MR) is 452 cm³/mol. The number of ether oxygens (including phenoxy) is 7. The normalized spacial score (nSPS) is 13.1. The standard InChI is InChI=1S/C80H101ClN24O17S/c1-50-51(2)123-80-68(50)69(53-9-11-54(81)12-10-53)89-58(70-97-96-52(3)105(70)80)44-66(109)87-55-13-15-57(16-14-55)122-42-41-120-38-37-119-39-40-121-49-67(110)104-28-26-103(27-29-104)30-32-117-34-36-118-35-33-116-31-24-82-63(106)17-20-85-76(112)72-92-60(46-100(72)6)90-65(108)19-22-86-77(113)73-94-62(48-101(73)7)95-79(115)74-93-61(47-102(74)8)91-64(107)18-21-84-75(111)59-43-56(45-99(59)5)88-78(114)71-83-23-25-98(71)4/h9-16,23,25,43,45-48,58H,17-22,24,26-42,44,49H2,1-8H3,(H,82,106)(H,84,111)(H,85,112)(H,86,113)(H,87,109)(H,88,114)(H,90,108)(H,91,107)(H,95,115)/t58-/m0/s1. The molecule has 0 aliphatic carbocycles. The third-order valence-corrected chi connectivity index (χ3v) is 20.8. The number of anilines is 5. The minimum atomic E-state index is -0.704. The number of halogens is 1. The second-order valence-corrected chi connectivity index (χ2v) is 30.1. The summed E-state index contributed by atoms with van der Waals surface area (Å²) >= 11 is 7.92. The molecule has 9 heterocycles. The molecular weight excluding hydrogens is 1640 g/mol.